The minimum absolute atomic E-state index is 0.0512. The highest BCUT2D eigenvalue weighted by molar-refractivity contribution is 6.30. The first kappa shape index (κ1) is 19.5. The van der Waals surface area contributed by atoms with Gasteiger partial charge in [0.05, 0.1) is 30.3 Å². The molecule has 2 aromatic rings. The van der Waals surface area contributed by atoms with Crippen LogP contribution in [0.15, 0.2) is 41.5 Å². The zero-order valence-corrected chi connectivity index (χ0v) is 15.3. The van der Waals surface area contributed by atoms with Crippen LogP contribution in [0.4, 0.5) is 4.39 Å². The molecule has 1 saturated heterocycles. The molecule has 0 radical (unpaired) electrons. The van der Waals surface area contributed by atoms with E-state index in [4.69, 9.17) is 21.1 Å². The van der Waals surface area contributed by atoms with Crippen LogP contribution < -0.4 is 10.2 Å². The van der Waals surface area contributed by atoms with Crippen molar-refractivity contribution in [2.24, 2.45) is 4.99 Å². The number of aliphatic imine (C=N–C) groups is 1. The van der Waals surface area contributed by atoms with Crippen LogP contribution in [0, 0.1) is 5.82 Å². The maximum Gasteiger partial charge on any atom is 0.230 e. The Bertz CT molecular complexity index is 800. The Balaban J connectivity index is 1.73. The normalized spacial score (nSPS) is 15.6. The molecule has 0 aliphatic carbocycles. The number of amidine groups is 1. The number of hydrogen-bond acceptors (Lipinski definition) is 6. The van der Waals surface area contributed by atoms with Crippen molar-refractivity contribution in [2.45, 2.75) is 0 Å². The Labute approximate surface area is 161 Å². The van der Waals surface area contributed by atoms with Gasteiger partial charge in [0.15, 0.2) is 5.84 Å². The fraction of sp³-hybridized carbons (Fsp3) is 0.333. The molecule has 9 heteroatoms. The van der Waals surface area contributed by atoms with Gasteiger partial charge in [-0.05, 0) is 24.3 Å². The maximum absolute atomic E-state index is 13.3. The molecule has 1 aliphatic heterocycles. The minimum atomic E-state index is -0.535. The van der Waals surface area contributed by atoms with Crippen molar-refractivity contribution in [2.75, 3.05) is 39.4 Å². The van der Waals surface area contributed by atoms with Gasteiger partial charge in [0.2, 0.25) is 5.88 Å². The molecule has 3 rings (SSSR count). The number of nitrogens with zero attached hydrogens (tertiary/aromatic N) is 3. The Morgan fingerprint density at radius 3 is 2.93 bits per heavy atom. The van der Waals surface area contributed by atoms with Crippen molar-refractivity contribution in [3.8, 4) is 11.6 Å². The minimum Gasteiger partial charge on any atom is -0.438 e. The van der Waals surface area contributed by atoms with Crippen LogP contribution in [0.25, 0.3) is 0 Å². The van der Waals surface area contributed by atoms with E-state index < -0.39 is 5.82 Å². The zero-order chi connectivity index (χ0) is 19.1. The van der Waals surface area contributed by atoms with Crippen LogP contribution in [0.3, 0.4) is 0 Å². The van der Waals surface area contributed by atoms with Crippen molar-refractivity contribution in [3.05, 3.63) is 52.9 Å². The van der Waals surface area contributed by atoms with Crippen molar-refractivity contribution in [1.29, 1.82) is 0 Å². The third kappa shape index (κ3) is 5.36. The number of hydrogen-bond donors (Lipinski definition) is 2. The summed E-state index contributed by atoms with van der Waals surface area (Å²) < 4.78 is 24.3. The number of rotatable bonds is 6. The molecule has 1 aromatic heterocycles. The summed E-state index contributed by atoms with van der Waals surface area (Å²) >= 11 is 5.79. The Hall–Kier alpha value is -2.26. The molecule has 27 heavy (non-hydrogen) atoms. The monoisotopic (exact) mass is 394 g/mol. The van der Waals surface area contributed by atoms with Gasteiger partial charge in [-0.15, -0.1) is 0 Å². The second-order valence-corrected chi connectivity index (χ2v) is 6.24. The molecule has 2 N–H and O–H groups in total. The third-order valence-electron chi connectivity index (χ3n) is 4.03. The number of morpholine rings is 1. The lowest BCUT2D eigenvalue weighted by Gasteiger charge is -2.25. The zero-order valence-electron chi connectivity index (χ0n) is 14.6. The molecule has 1 aliphatic rings. The van der Waals surface area contributed by atoms with Crippen LogP contribution in [-0.2, 0) is 4.74 Å². The fourth-order valence-electron chi connectivity index (χ4n) is 2.61. The molecular weight excluding hydrogens is 375 g/mol. The highest BCUT2D eigenvalue weighted by Gasteiger charge is 2.14. The molecule has 1 fully saturated rings. The van der Waals surface area contributed by atoms with Crippen molar-refractivity contribution in [3.63, 3.8) is 0 Å². The van der Waals surface area contributed by atoms with E-state index in [2.05, 4.69) is 20.4 Å². The summed E-state index contributed by atoms with van der Waals surface area (Å²) in [6.07, 6.45) is 1.55. The first-order valence-electron chi connectivity index (χ1n) is 8.50. The fourth-order valence-corrected chi connectivity index (χ4v) is 2.78. The summed E-state index contributed by atoms with van der Waals surface area (Å²) in [5.41, 5.74) is 2.58. The van der Waals surface area contributed by atoms with Crippen LogP contribution in [-0.4, -0.2) is 60.3 Å². The van der Waals surface area contributed by atoms with Gasteiger partial charge in [0.1, 0.15) is 11.6 Å². The molecule has 144 valence electrons. The molecule has 7 nitrogen and oxygen atoms in total. The van der Waals surface area contributed by atoms with E-state index in [9.17, 15) is 9.60 Å². The molecular formula is C18H20ClFN4O3. The van der Waals surface area contributed by atoms with E-state index >= 15 is 0 Å². The summed E-state index contributed by atoms with van der Waals surface area (Å²) in [4.78, 5) is 10.8. The summed E-state index contributed by atoms with van der Waals surface area (Å²) in [7, 11) is 0. The highest BCUT2D eigenvalue weighted by atomic mass is 35.5. The maximum atomic E-state index is 13.3. The number of aromatic nitrogens is 1. The number of pyridine rings is 1. The second kappa shape index (κ2) is 9.61. The van der Waals surface area contributed by atoms with Crippen molar-refractivity contribution in [1.82, 2.24) is 15.4 Å². The molecule has 0 bridgehead atoms. The van der Waals surface area contributed by atoms with Gasteiger partial charge in [0.25, 0.3) is 0 Å². The molecule has 0 atom stereocenters. The van der Waals surface area contributed by atoms with Crippen LogP contribution in [0.2, 0.25) is 5.02 Å². The molecule has 0 unspecified atom stereocenters. The lowest BCUT2D eigenvalue weighted by molar-refractivity contribution is 0.0394. The van der Waals surface area contributed by atoms with E-state index in [0.717, 1.165) is 32.8 Å². The first-order valence-corrected chi connectivity index (χ1v) is 8.88. The lowest BCUT2D eigenvalue weighted by atomic mass is 10.2. The molecule has 0 spiro atoms. The van der Waals surface area contributed by atoms with Crippen LogP contribution in [0.1, 0.15) is 5.56 Å². The van der Waals surface area contributed by atoms with Crippen molar-refractivity contribution < 1.29 is 19.1 Å². The van der Waals surface area contributed by atoms with Crippen molar-refractivity contribution >= 4 is 17.4 Å². The second-order valence-electron chi connectivity index (χ2n) is 5.83. The Morgan fingerprint density at radius 2 is 2.19 bits per heavy atom. The molecule has 0 saturated carbocycles. The van der Waals surface area contributed by atoms with Crippen LogP contribution >= 0.6 is 11.6 Å². The summed E-state index contributed by atoms with van der Waals surface area (Å²) in [6, 6.07) is 7.43. The largest absolute Gasteiger partial charge is 0.438 e. The summed E-state index contributed by atoms with van der Waals surface area (Å²) in [5.74, 6) is 0.242. The standard InChI is InChI=1S/C18H20ClFN4O3/c19-15-12-13(3-4-16(15)20)27-18-14(2-1-5-22-18)17(23-25)21-6-7-24-8-10-26-11-9-24/h1-5,12,25H,6-11H2,(H,21,23). The van der Waals surface area contributed by atoms with Gasteiger partial charge in [-0.25, -0.2) is 9.37 Å². The van der Waals surface area contributed by atoms with Gasteiger partial charge in [-0.3, -0.25) is 20.6 Å². The van der Waals surface area contributed by atoms with Gasteiger partial charge in [-0.1, -0.05) is 11.6 Å². The molecule has 1 aromatic carbocycles. The number of nitrogens with one attached hydrogen (secondary N) is 1. The summed E-state index contributed by atoms with van der Waals surface area (Å²) in [5, 5.41) is 9.47. The number of ether oxygens (including phenoxy) is 2. The highest BCUT2D eigenvalue weighted by Crippen LogP contribution is 2.27. The average molecular weight is 395 g/mol. The van der Waals surface area contributed by atoms with E-state index in [1.165, 1.54) is 18.2 Å². The van der Waals surface area contributed by atoms with E-state index in [0.29, 0.717) is 17.9 Å². The number of halogens is 2. The molecule has 2 heterocycles. The quantitative estimate of drug-likeness (QED) is 0.445. The van der Waals surface area contributed by atoms with E-state index in [1.807, 2.05) is 0 Å². The smallest absolute Gasteiger partial charge is 0.230 e. The van der Waals surface area contributed by atoms with Gasteiger partial charge in [0, 0.05) is 31.9 Å². The predicted octanol–water partition coefficient (Wildman–Crippen LogP) is 2.72. The predicted molar refractivity (Wildman–Crippen MR) is 99.3 cm³/mol. The van der Waals surface area contributed by atoms with Crippen LogP contribution in [0.5, 0.6) is 11.6 Å². The number of benzene rings is 1. The van der Waals surface area contributed by atoms with Gasteiger partial charge < -0.3 is 9.47 Å². The number of hydroxylamine groups is 1. The third-order valence-corrected chi connectivity index (χ3v) is 4.32. The van der Waals surface area contributed by atoms with Gasteiger partial charge in [-0.2, -0.15) is 0 Å². The lowest BCUT2D eigenvalue weighted by Crippen LogP contribution is -2.38. The average Bonchev–Trinajstić information content (AvgIpc) is 2.70. The topological polar surface area (TPSA) is 79.2 Å². The van der Waals surface area contributed by atoms with E-state index in [-0.39, 0.29) is 16.7 Å². The van der Waals surface area contributed by atoms with Gasteiger partial charge >= 0.3 is 0 Å². The summed E-state index contributed by atoms with van der Waals surface area (Å²) in [6.45, 7) is 4.40. The SMILES string of the molecule is ONC(=NCCN1CCOCC1)c1cccnc1Oc1ccc(F)c(Cl)c1. The molecule has 0 amide bonds. The first-order chi connectivity index (χ1) is 13.2. The van der Waals surface area contributed by atoms with E-state index in [1.54, 1.807) is 18.3 Å². The Morgan fingerprint density at radius 1 is 1.37 bits per heavy atom. The Kier molecular flexibility index (Phi) is 6.94.